The molecule has 1 amide bonds. The van der Waals surface area contributed by atoms with Crippen LogP contribution in [0, 0.1) is 0 Å². The van der Waals surface area contributed by atoms with Crippen molar-refractivity contribution in [3.8, 4) is 11.1 Å². The average molecular weight is 548 g/mol. The zero-order chi connectivity index (χ0) is 29.1. The molecule has 2 aromatic carbocycles. The number of alkyl carbamates (subject to hydrolysis) is 1. The van der Waals surface area contributed by atoms with Crippen molar-refractivity contribution in [1.82, 2.24) is 5.32 Å². The second-order valence-corrected chi connectivity index (χ2v) is 10.2. The molecule has 3 aromatic rings. The van der Waals surface area contributed by atoms with Gasteiger partial charge in [0.25, 0.3) is 0 Å². The number of rotatable bonds is 9. The summed E-state index contributed by atoms with van der Waals surface area (Å²) in [5, 5.41) is 3.78. The molecule has 40 heavy (non-hydrogen) atoms. The maximum absolute atomic E-state index is 12.1. The number of ether oxygens (including phenoxy) is 3. The molecular weight excluding hydrogens is 510 g/mol. The molecule has 1 aliphatic rings. The molecule has 1 aliphatic carbocycles. The van der Waals surface area contributed by atoms with Crippen LogP contribution in [0.15, 0.2) is 76.6 Å². The normalized spacial score (nSPS) is 12.9. The van der Waals surface area contributed by atoms with Crippen molar-refractivity contribution < 1.29 is 33.0 Å². The van der Waals surface area contributed by atoms with E-state index in [0.29, 0.717) is 19.8 Å². The van der Waals surface area contributed by atoms with Crippen LogP contribution >= 0.6 is 0 Å². The molecule has 0 fully saturated rings. The molecule has 0 spiro atoms. The third-order valence-electron chi connectivity index (χ3n) is 5.97. The highest BCUT2D eigenvalue weighted by molar-refractivity contribution is 5.93. The lowest BCUT2D eigenvalue weighted by Gasteiger charge is -2.19. The third-order valence-corrected chi connectivity index (χ3v) is 5.97. The number of fused-ring (bicyclic) bond motifs is 1. The largest absolute Gasteiger partial charge is 0.489 e. The number of esters is 1. The van der Waals surface area contributed by atoms with Gasteiger partial charge >= 0.3 is 12.1 Å². The lowest BCUT2D eigenvalue weighted by molar-refractivity contribution is -0.142. The Bertz CT molecular complexity index is 1380. The zero-order valence-electron chi connectivity index (χ0n) is 23.6. The Morgan fingerprint density at radius 2 is 1.88 bits per heavy atom. The standard InChI is InChI=1S/C31H35NO6.CH2O/c1-5-35-28(33)18-24-10-6-7-12-27(24)37-20-22-16-25-13-14-36-29(25)26(17-22)23-11-8-9-21(15-23)19-32-30(34)38-31(2,3)4;1-2/h7-9,11-17H,5-6,10,18-20H2,1-4H3,(H,32,34);1H2. The predicted octanol–water partition coefficient (Wildman–Crippen LogP) is 7.01. The van der Waals surface area contributed by atoms with Crippen LogP contribution in [0.5, 0.6) is 0 Å². The summed E-state index contributed by atoms with van der Waals surface area (Å²) in [6, 6.07) is 14.0. The number of hydrogen-bond acceptors (Lipinski definition) is 7. The minimum absolute atomic E-state index is 0.234. The van der Waals surface area contributed by atoms with Gasteiger partial charge in [-0.15, -0.1) is 0 Å². The van der Waals surface area contributed by atoms with Crippen molar-refractivity contribution in [2.45, 2.75) is 65.7 Å². The van der Waals surface area contributed by atoms with Crippen molar-refractivity contribution in [1.29, 1.82) is 0 Å². The number of hydrogen-bond donors (Lipinski definition) is 1. The number of allylic oxidation sites excluding steroid dienone is 2. The lowest BCUT2D eigenvalue weighted by atomic mass is 9.98. The quantitative estimate of drug-likeness (QED) is 0.287. The molecule has 1 N–H and O–H groups in total. The highest BCUT2D eigenvalue weighted by Crippen LogP contribution is 2.33. The van der Waals surface area contributed by atoms with Crippen LogP contribution in [-0.4, -0.2) is 31.1 Å². The van der Waals surface area contributed by atoms with Crippen LogP contribution in [0.2, 0.25) is 0 Å². The Hall–Kier alpha value is -4.33. The van der Waals surface area contributed by atoms with E-state index in [1.807, 2.05) is 70.0 Å². The number of nitrogens with one attached hydrogen (secondary N) is 1. The van der Waals surface area contributed by atoms with E-state index < -0.39 is 11.7 Å². The van der Waals surface area contributed by atoms with E-state index in [1.54, 1.807) is 13.2 Å². The van der Waals surface area contributed by atoms with Gasteiger partial charge in [0, 0.05) is 17.5 Å². The average Bonchev–Trinajstić information content (AvgIpc) is 3.40. The first-order valence-corrected chi connectivity index (χ1v) is 13.2. The van der Waals surface area contributed by atoms with Gasteiger partial charge in [-0.05, 0) is 93.1 Å². The second kappa shape index (κ2) is 14.2. The van der Waals surface area contributed by atoms with Crippen molar-refractivity contribution >= 4 is 29.8 Å². The SMILES string of the molecule is C=O.CCOC(=O)CC1=C(OCc2cc(-c3cccc(CNC(=O)OC(C)(C)C)c3)c3occc3c2)C=CCC1. The summed E-state index contributed by atoms with van der Waals surface area (Å²) in [6.07, 6.45) is 7.12. The Morgan fingerprint density at radius 1 is 1.07 bits per heavy atom. The van der Waals surface area contributed by atoms with Gasteiger partial charge in [-0.3, -0.25) is 4.79 Å². The molecule has 8 nitrogen and oxygen atoms in total. The molecule has 0 aliphatic heterocycles. The fourth-order valence-corrected chi connectivity index (χ4v) is 4.34. The summed E-state index contributed by atoms with van der Waals surface area (Å²) >= 11 is 0. The van der Waals surface area contributed by atoms with Crippen LogP contribution in [0.1, 0.15) is 58.1 Å². The van der Waals surface area contributed by atoms with E-state index in [0.717, 1.165) is 57.4 Å². The van der Waals surface area contributed by atoms with Gasteiger partial charge in [0.15, 0.2) is 0 Å². The van der Waals surface area contributed by atoms with Crippen LogP contribution in [-0.2, 0) is 37.0 Å². The molecule has 1 heterocycles. The first kappa shape index (κ1) is 30.2. The topological polar surface area (TPSA) is 104 Å². The highest BCUT2D eigenvalue weighted by atomic mass is 16.6. The molecule has 0 atom stereocenters. The maximum atomic E-state index is 12.1. The number of furan rings is 1. The zero-order valence-corrected chi connectivity index (χ0v) is 23.6. The van der Waals surface area contributed by atoms with Crippen LogP contribution < -0.4 is 5.32 Å². The Labute approximate surface area is 235 Å². The molecule has 212 valence electrons. The molecule has 0 unspecified atom stereocenters. The van der Waals surface area contributed by atoms with Gasteiger partial charge < -0.3 is 28.7 Å². The van der Waals surface area contributed by atoms with E-state index in [-0.39, 0.29) is 12.4 Å². The van der Waals surface area contributed by atoms with Crippen LogP contribution in [0.25, 0.3) is 22.1 Å². The fraction of sp³-hybridized carbons (Fsp3) is 0.344. The molecule has 0 bridgehead atoms. The van der Waals surface area contributed by atoms with Crippen LogP contribution in [0.3, 0.4) is 0 Å². The second-order valence-electron chi connectivity index (χ2n) is 10.2. The molecule has 0 radical (unpaired) electrons. The fourth-order valence-electron chi connectivity index (χ4n) is 4.34. The molecule has 0 saturated heterocycles. The van der Waals surface area contributed by atoms with Crippen molar-refractivity contribution in [3.05, 3.63) is 83.3 Å². The third kappa shape index (κ3) is 8.59. The van der Waals surface area contributed by atoms with Gasteiger partial charge in [-0.25, -0.2) is 4.79 Å². The van der Waals surface area contributed by atoms with Crippen molar-refractivity contribution in [2.75, 3.05) is 6.61 Å². The molecule has 8 heteroatoms. The van der Waals surface area contributed by atoms with Crippen molar-refractivity contribution in [2.24, 2.45) is 0 Å². The number of benzene rings is 2. The van der Waals surface area contributed by atoms with Gasteiger partial charge in [0.05, 0.1) is 19.3 Å². The first-order valence-electron chi connectivity index (χ1n) is 13.2. The minimum Gasteiger partial charge on any atom is -0.489 e. The van der Waals surface area contributed by atoms with E-state index in [4.69, 9.17) is 23.4 Å². The Kier molecular flexibility index (Phi) is 10.7. The van der Waals surface area contributed by atoms with E-state index >= 15 is 0 Å². The molecule has 1 aromatic heterocycles. The van der Waals surface area contributed by atoms with Gasteiger partial charge in [0.2, 0.25) is 0 Å². The van der Waals surface area contributed by atoms with E-state index in [9.17, 15) is 9.59 Å². The number of carbonyl (C=O) groups is 3. The van der Waals surface area contributed by atoms with Crippen LogP contribution in [0.4, 0.5) is 4.79 Å². The molecule has 0 saturated carbocycles. The smallest absolute Gasteiger partial charge is 0.407 e. The Morgan fingerprint density at radius 3 is 2.62 bits per heavy atom. The van der Waals surface area contributed by atoms with E-state index in [2.05, 4.69) is 17.5 Å². The first-order chi connectivity index (χ1) is 19.2. The van der Waals surface area contributed by atoms with Gasteiger partial charge in [0.1, 0.15) is 30.3 Å². The minimum atomic E-state index is -0.553. The van der Waals surface area contributed by atoms with Gasteiger partial charge in [-0.1, -0.05) is 24.3 Å². The summed E-state index contributed by atoms with van der Waals surface area (Å²) in [6.45, 7) is 10.4. The molecule has 4 rings (SSSR count). The van der Waals surface area contributed by atoms with Crippen molar-refractivity contribution in [3.63, 3.8) is 0 Å². The summed E-state index contributed by atoms with van der Waals surface area (Å²) in [7, 11) is 0. The summed E-state index contributed by atoms with van der Waals surface area (Å²) < 4.78 is 22.5. The molecular formula is C32H37NO7. The number of carbonyl (C=O) groups excluding carboxylic acids is 3. The summed E-state index contributed by atoms with van der Waals surface area (Å²) in [4.78, 5) is 32.1. The number of amides is 1. The summed E-state index contributed by atoms with van der Waals surface area (Å²) in [5.41, 5.74) is 5.01. The van der Waals surface area contributed by atoms with Gasteiger partial charge in [-0.2, -0.15) is 0 Å². The summed E-state index contributed by atoms with van der Waals surface area (Å²) in [5.74, 6) is 0.496. The maximum Gasteiger partial charge on any atom is 0.407 e. The lowest BCUT2D eigenvalue weighted by Crippen LogP contribution is -2.32. The monoisotopic (exact) mass is 547 g/mol. The van der Waals surface area contributed by atoms with E-state index in [1.165, 1.54) is 0 Å². The Balaban J connectivity index is 0.00000216. The predicted molar refractivity (Wildman–Crippen MR) is 153 cm³/mol. The highest BCUT2D eigenvalue weighted by Gasteiger charge is 2.17.